The zero-order chi connectivity index (χ0) is 15.5. The Morgan fingerprint density at radius 1 is 1.05 bits per heavy atom. The summed E-state index contributed by atoms with van der Waals surface area (Å²) >= 11 is 6.30. The molecule has 0 aliphatic heterocycles. The Morgan fingerprint density at radius 3 is 2.27 bits per heavy atom. The highest BCUT2D eigenvalue weighted by Crippen LogP contribution is 2.27. The van der Waals surface area contributed by atoms with Crippen molar-refractivity contribution in [2.24, 2.45) is 0 Å². The molecule has 0 heterocycles. The first-order valence-electron chi connectivity index (χ1n) is 6.81. The molecule has 2 aromatic carbocycles. The highest BCUT2D eigenvalue weighted by atomic mass is 79.9. The third-order valence-electron chi connectivity index (χ3n) is 3.04. The number of amides is 1. The third kappa shape index (κ3) is 5.13. The Balaban J connectivity index is 0.00000242. The van der Waals surface area contributed by atoms with Gasteiger partial charge in [0.05, 0.1) is 31.9 Å². The molecule has 0 unspecified atom stereocenters. The van der Waals surface area contributed by atoms with E-state index in [2.05, 4.69) is 26.5 Å². The maximum Gasteiger partial charge on any atom is 0.255 e. The minimum Gasteiger partial charge on any atom is -1.00 e. The standard InChI is InChI=1S/C17H19ClN2O.BrH/c1-20(2,3)12-14-15(18)10-7-11-16(14)19-17(21)13-8-5-4-6-9-13;/h4-11H,12H2,1-3H3;1H. The van der Waals surface area contributed by atoms with Gasteiger partial charge in [0.1, 0.15) is 6.54 Å². The van der Waals surface area contributed by atoms with Crippen LogP contribution in [0, 0.1) is 0 Å². The number of nitrogens with zero attached hydrogens (tertiary/aromatic N) is 1. The van der Waals surface area contributed by atoms with E-state index in [-0.39, 0.29) is 22.9 Å². The molecule has 0 atom stereocenters. The molecule has 1 N–H and O–H groups in total. The van der Waals surface area contributed by atoms with Gasteiger partial charge >= 0.3 is 0 Å². The Kier molecular flexibility index (Phi) is 6.60. The van der Waals surface area contributed by atoms with E-state index in [0.29, 0.717) is 10.6 Å². The Bertz CT molecular complexity index is 639. The van der Waals surface area contributed by atoms with Gasteiger partial charge in [-0.3, -0.25) is 4.79 Å². The minimum atomic E-state index is -0.125. The minimum absolute atomic E-state index is 0. The van der Waals surface area contributed by atoms with Crippen molar-refractivity contribution < 1.29 is 26.3 Å². The molecule has 2 aromatic rings. The fourth-order valence-corrected chi connectivity index (χ4v) is 2.33. The van der Waals surface area contributed by atoms with E-state index < -0.39 is 0 Å². The van der Waals surface area contributed by atoms with Crippen LogP contribution in [0.2, 0.25) is 5.02 Å². The summed E-state index contributed by atoms with van der Waals surface area (Å²) in [6, 6.07) is 14.8. The first kappa shape index (κ1) is 18.7. The van der Waals surface area contributed by atoms with Crippen molar-refractivity contribution in [3.63, 3.8) is 0 Å². The fourth-order valence-electron chi connectivity index (χ4n) is 2.09. The first-order chi connectivity index (χ1) is 9.87. The number of hydrogen-bond acceptors (Lipinski definition) is 1. The van der Waals surface area contributed by atoms with E-state index in [1.165, 1.54) is 0 Å². The van der Waals surface area contributed by atoms with Crippen molar-refractivity contribution in [1.82, 2.24) is 0 Å². The number of quaternary nitrogens is 1. The Hall–Kier alpha value is -1.36. The van der Waals surface area contributed by atoms with E-state index in [9.17, 15) is 4.79 Å². The van der Waals surface area contributed by atoms with Crippen molar-refractivity contribution in [2.75, 3.05) is 26.5 Å². The number of carbonyl (C=O) groups is 1. The second kappa shape index (κ2) is 7.77. The van der Waals surface area contributed by atoms with Crippen LogP contribution in [0.3, 0.4) is 0 Å². The van der Waals surface area contributed by atoms with Crippen molar-refractivity contribution in [1.29, 1.82) is 0 Å². The van der Waals surface area contributed by atoms with Gasteiger partial charge < -0.3 is 26.8 Å². The Morgan fingerprint density at radius 2 is 1.68 bits per heavy atom. The first-order valence-corrected chi connectivity index (χ1v) is 7.19. The molecule has 118 valence electrons. The largest absolute Gasteiger partial charge is 1.00 e. The van der Waals surface area contributed by atoms with Crippen LogP contribution < -0.4 is 22.3 Å². The normalized spacial score (nSPS) is 10.7. The zero-order valence-corrected chi connectivity index (χ0v) is 15.3. The lowest BCUT2D eigenvalue weighted by Crippen LogP contribution is -3.00. The molecule has 0 bridgehead atoms. The molecule has 5 heteroatoms. The zero-order valence-electron chi connectivity index (χ0n) is 12.9. The lowest BCUT2D eigenvalue weighted by molar-refractivity contribution is -0.883. The molecular weight excluding hydrogens is 364 g/mol. The summed E-state index contributed by atoms with van der Waals surface area (Å²) in [5, 5.41) is 3.63. The van der Waals surface area contributed by atoms with Gasteiger partial charge in [0.15, 0.2) is 0 Å². The van der Waals surface area contributed by atoms with Gasteiger partial charge in [0.2, 0.25) is 0 Å². The second-order valence-corrected chi connectivity index (χ2v) is 6.44. The van der Waals surface area contributed by atoms with Crippen molar-refractivity contribution in [3.8, 4) is 0 Å². The molecule has 0 saturated carbocycles. The van der Waals surface area contributed by atoms with Gasteiger partial charge in [-0.2, -0.15) is 0 Å². The topological polar surface area (TPSA) is 29.1 Å². The smallest absolute Gasteiger partial charge is 0.255 e. The van der Waals surface area contributed by atoms with Crippen molar-refractivity contribution in [2.45, 2.75) is 6.54 Å². The van der Waals surface area contributed by atoms with Crippen LogP contribution in [0.1, 0.15) is 15.9 Å². The molecule has 0 aliphatic carbocycles. The predicted octanol–water partition coefficient (Wildman–Crippen LogP) is 0.802. The van der Waals surface area contributed by atoms with Crippen LogP contribution in [0.15, 0.2) is 48.5 Å². The van der Waals surface area contributed by atoms with Crippen LogP contribution in [0.5, 0.6) is 0 Å². The monoisotopic (exact) mass is 382 g/mol. The highest BCUT2D eigenvalue weighted by Gasteiger charge is 2.17. The number of nitrogens with one attached hydrogen (secondary N) is 1. The fraction of sp³-hybridized carbons (Fsp3) is 0.235. The summed E-state index contributed by atoms with van der Waals surface area (Å²) in [6.45, 7) is 0.740. The number of hydrogen-bond donors (Lipinski definition) is 1. The van der Waals surface area contributed by atoms with Gasteiger partial charge in [0, 0.05) is 11.1 Å². The summed E-state index contributed by atoms with van der Waals surface area (Å²) in [6.07, 6.45) is 0. The highest BCUT2D eigenvalue weighted by molar-refractivity contribution is 6.31. The number of carbonyl (C=O) groups excluding carboxylic acids is 1. The van der Waals surface area contributed by atoms with E-state index in [4.69, 9.17) is 11.6 Å². The molecule has 2 rings (SSSR count). The SMILES string of the molecule is C[N+](C)(C)Cc1c(Cl)cccc1NC(=O)c1ccccc1.[Br-]. The quantitative estimate of drug-likeness (QED) is 0.778. The molecule has 0 aliphatic rings. The van der Waals surface area contributed by atoms with Crippen LogP contribution in [-0.2, 0) is 6.54 Å². The average molecular weight is 384 g/mol. The Labute approximate surface area is 147 Å². The predicted molar refractivity (Wildman–Crippen MR) is 87.6 cm³/mol. The summed E-state index contributed by atoms with van der Waals surface area (Å²) in [4.78, 5) is 12.3. The molecule has 0 saturated heterocycles. The van der Waals surface area contributed by atoms with Gasteiger partial charge in [-0.05, 0) is 24.3 Å². The van der Waals surface area contributed by atoms with E-state index >= 15 is 0 Å². The molecule has 0 radical (unpaired) electrons. The van der Waals surface area contributed by atoms with Crippen LogP contribution in [0.4, 0.5) is 5.69 Å². The van der Waals surface area contributed by atoms with Gasteiger partial charge in [-0.25, -0.2) is 0 Å². The summed E-state index contributed by atoms with van der Waals surface area (Å²) in [5.41, 5.74) is 2.36. The third-order valence-corrected chi connectivity index (χ3v) is 3.39. The molecule has 0 spiro atoms. The van der Waals surface area contributed by atoms with Gasteiger partial charge in [-0.1, -0.05) is 35.9 Å². The molecule has 22 heavy (non-hydrogen) atoms. The van der Waals surface area contributed by atoms with E-state index in [1.54, 1.807) is 12.1 Å². The average Bonchev–Trinajstić information content (AvgIpc) is 2.42. The van der Waals surface area contributed by atoms with Gasteiger partial charge in [0.25, 0.3) is 5.91 Å². The number of halogens is 2. The maximum atomic E-state index is 12.3. The lowest BCUT2D eigenvalue weighted by atomic mass is 10.1. The van der Waals surface area contributed by atoms with Crippen LogP contribution in [-0.4, -0.2) is 31.5 Å². The number of benzene rings is 2. The van der Waals surface area contributed by atoms with Crippen LogP contribution >= 0.6 is 11.6 Å². The van der Waals surface area contributed by atoms with Gasteiger partial charge in [-0.15, -0.1) is 0 Å². The lowest BCUT2D eigenvalue weighted by Gasteiger charge is -2.26. The van der Waals surface area contributed by atoms with E-state index in [0.717, 1.165) is 22.3 Å². The molecule has 0 aromatic heterocycles. The number of rotatable bonds is 4. The second-order valence-electron chi connectivity index (χ2n) is 6.03. The maximum absolute atomic E-state index is 12.3. The molecule has 1 amide bonds. The summed E-state index contributed by atoms with van der Waals surface area (Å²) in [5.74, 6) is -0.125. The van der Waals surface area contributed by atoms with E-state index in [1.807, 2.05) is 36.4 Å². The molecule has 0 fully saturated rings. The number of anilines is 1. The summed E-state index contributed by atoms with van der Waals surface area (Å²) in [7, 11) is 6.27. The van der Waals surface area contributed by atoms with Crippen molar-refractivity contribution in [3.05, 3.63) is 64.7 Å². The summed E-state index contributed by atoms with van der Waals surface area (Å²) < 4.78 is 0.734. The van der Waals surface area contributed by atoms with Crippen LogP contribution in [0.25, 0.3) is 0 Å². The molecule has 3 nitrogen and oxygen atoms in total. The van der Waals surface area contributed by atoms with Crippen molar-refractivity contribution >= 4 is 23.2 Å². The molecular formula is C17H20BrClN2O.